The number of ether oxygens (including phenoxy) is 2. The Hall–Kier alpha value is -3.49. The topological polar surface area (TPSA) is 121 Å². The first kappa shape index (κ1) is 20.8. The molecule has 0 aliphatic rings. The second-order valence-electron chi connectivity index (χ2n) is 5.87. The molecule has 0 bridgehead atoms. The maximum Gasteiger partial charge on any atom is 0.338 e. The summed E-state index contributed by atoms with van der Waals surface area (Å²) in [4.78, 5) is 38.8. The molecule has 9 nitrogen and oxygen atoms in total. The Bertz CT molecular complexity index is 868. The summed E-state index contributed by atoms with van der Waals surface area (Å²) in [6.07, 6.45) is 3.45. The highest BCUT2D eigenvalue weighted by Crippen LogP contribution is 2.19. The quantitative estimate of drug-likeness (QED) is 0.304. The van der Waals surface area contributed by atoms with Crippen LogP contribution in [0.15, 0.2) is 36.5 Å². The number of carbonyl (C=O) groups is 2. The predicted molar refractivity (Wildman–Crippen MR) is 100 cm³/mol. The molecule has 1 aromatic carbocycles. The Balaban J connectivity index is 2.16. The Morgan fingerprint density at radius 3 is 2.68 bits per heavy atom. The third-order valence-electron chi connectivity index (χ3n) is 3.84. The van der Waals surface area contributed by atoms with Crippen LogP contribution in [0.4, 0.5) is 5.69 Å². The van der Waals surface area contributed by atoms with Gasteiger partial charge in [0.15, 0.2) is 0 Å². The molecule has 1 heterocycles. The number of non-ortho nitro benzene ring substituents is 1. The van der Waals surface area contributed by atoms with Gasteiger partial charge in [-0.2, -0.15) is 0 Å². The number of methoxy groups -OCH3 is 1. The van der Waals surface area contributed by atoms with Crippen LogP contribution in [0.2, 0.25) is 0 Å². The van der Waals surface area contributed by atoms with E-state index in [1.165, 1.54) is 6.07 Å². The van der Waals surface area contributed by atoms with Gasteiger partial charge in [0, 0.05) is 36.0 Å². The molecule has 0 saturated heterocycles. The van der Waals surface area contributed by atoms with Crippen molar-refractivity contribution in [2.24, 2.45) is 0 Å². The zero-order valence-corrected chi connectivity index (χ0v) is 15.6. The van der Waals surface area contributed by atoms with Gasteiger partial charge in [-0.25, -0.2) is 9.78 Å². The average molecular weight is 387 g/mol. The van der Waals surface area contributed by atoms with Gasteiger partial charge < -0.3 is 14.8 Å². The van der Waals surface area contributed by atoms with Crippen molar-refractivity contribution in [3.8, 4) is 5.88 Å². The minimum absolute atomic E-state index is 0.0214. The van der Waals surface area contributed by atoms with Crippen molar-refractivity contribution >= 4 is 17.6 Å². The fourth-order valence-corrected chi connectivity index (χ4v) is 2.36. The zero-order valence-electron chi connectivity index (χ0n) is 15.6. The van der Waals surface area contributed by atoms with Gasteiger partial charge >= 0.3 is 5.97 Å². The van der Waals surface area contributed by atoms with E-state index in [0.29, 0.717) is 18.1 Å². The molecule has 148 valence electrons. The average Bonchev–Trinajstić information content (AvgIpc) is 2.71. The van der Waals surface area contributed by atoms with Crippen molar-refractivity contribution in [3.63, 3.8) is 0 Å². The minimum Gasteiger partial charge on any atom is -0.477 e. The van der Waals surface area contributed by atoms with Gasteiger partial charge in [-0.05, 0) is 18.6 Å². The van der Waals surface area contributed by atoms with Crippen LogP contribution >= 0.6 is 0 Å². The van der Waals surface area contributed by atoms with Gasteiger partial charge in [-0.1, -0.05) is 19.4 Å². The van der Waals surface area contributed by atoms with Crippen LogP contribution in [-0.2, 0) is 11.3 Å². The number of pyridine rings is 1. The maximum absolute atomic E-state index is 12.5. The summed E-state index contributed by atoms with van der Waals surface area (Å²) < 4.78 is 10.2. The van der Waals surface area contributed by atoms with E-state index in [0.717, 1.165) is 32.1 Å². The smallest absolute Gasteiger partial charge is 0.338 e. The highest BCUT2D eigenvalue weighted by molar-refractivity contribution is 5.98. The molecule has 0 atom stereocenters. The minimum atomic E-state index is -0.767. The van der Waals surface area contributed by atoms with Crippen molar-refractivity contribution in [1.82, 2.24) is 10.3 Å². The summed E-state index contributed by atoms with van der Waals surface area (Å²) in [5.74, 6) is -0.917. The van der Waals surface area contributed by atoms with Crippen LogP contribution in [0, 0.1) is 10.1 Å². The van der Waals surface area contributed by atoms with E-state index in [1.807, 2.05) is 6.92 Å². The van der Waals surface area contributed by atoms with E-state index in [-0.39, 0.29) is 23.4 Å². The lowest BCUT2D eigenvalue weighted by Crippen LogP contribution is -2.24. The number of nitro groups is 1. The molecule has 2 aromatic rings. The van der Waals surface area contributed by atoms with Gasteiger partial charge in [0.2, 0.25) is 5.88 Å². The second kappa shape index (κ2) is 10.0. The number of amides is 1. The number of hydrogen-bond acceptors (Lipinski definition) is 7. The summed E-state index contributed by atoms with van der Waals surface area (Å²) in [5, 5.41) is 13.7. The fourth-order valence-electron chi connectivity index (χ4n) is 2.36. The van der Waals surface area contributed by atoms with E-state index in [4.69, 9.17) is 4.74 Å². The Morgan fingerprint density at radius 2 is 2.00 bits per heavy atom. The van der Waals surface area contributed by atoms with E-state index in [1.54, 1.807) is 18.3 Å². The third-order valence-corrected chi connectivity index (χ3v) is 3.84. The number of benzene rings is 1. The van der Waals surface area contributed by atoms with Crippen LogP contribution in [0.5, 0.6) is 5.88 Å². The van der Waals surface area contributed by atoms with Gasteiger partial charge in [-0.3, -0.25) is 14.9 Å². The number of rotatable bonds is 9. The Kier molecular flexibility index (Phi) is 7.44. The molecule has 0 aliphatic heterocycles. The monoisotopic (exact) mass is 387 g/mol. The fraction of sp³-hybridized carbons (Fsp3) is 0.316. The van der Waals surface area contributed by atoms with Crippen LogP contribution in [0.1, 0.15) is 46.0 Å². The zero-order chi connectivity index (χ0) is 20.5. The van der Waals surface area contributed by atoms with Crippen molar-refractivity contribution in [2.45, 2.75) is 26.3 Å². The van der Waals surface area contributed by atoms with Crippen molar-refractivity contribution in [2.75, 3.05) is 13.7 Å². The first-order chi connectivity index (χ1) is 13.5. The highest BCUT2D eigenvalue weighted by atomic mass is 16.6. The molecular formula is C19H21N3O6. The third kappa shape index (κ3) is 5.50. The maximum atomic E-state index is 12.5. The van der Waals surface area contributed by atoms with Crippen LogP contribution in [0.25, 0.3) is 0 Å². The molecule has 0 radical (unpaired) electrons. The number of esters is 1. The van der Waals surface area contributed by atoms with E-state index in [2.05, 4.69) is 15.0 Å². The molecule has 0 unspecified atom stereocenters. The number of hydrogen-bond donors (Lipinski definition) is 1. The molecule has 1 N–H and O–H groups in total. The van der Waals surface area contributed by atoms with Crippen molar-refractivity contribution in [3.05, 3.63) is 63.3 Å². The standard InChI is InChI=1S/C19H21N3O6/c1-3-4-8-28-18-13(6-5-7-20-18)12-21-17(23)14-9-15(19(24)27-2)11-16(10-14)22(25)26/h5-7,9-11H,3-4,8,12H2,1-2H3,(H,21,23). The number of nitro benzene ring substituents is 1. The SMILES string of the molecule is CCCCOc1ncccc1CNC(=O)c1cc(C(=O)OC)cc([N+](=O)[O-])c1. The van der Waals surface area contributed by atoms with E-state index in [9.17, 15) is 19.7 Å². The molecule has 9 heteroatoms. The lowest BCUT2D eigenvalue weighted by Gasteiger charge is -2.11. The van der Waals surface area contributed by atoms with Crippen LogP contribution in [-0.4, -0.2) is 35.5 Å². The number of nitrogens with one attached hydrogen (secondary N) is 1. The van der Waals surface area contributed by atoms with E-state index < -0.39 is 16.8 Å². The number of nitrogens with zero attached hydrogens (tertiary/aromatic N) is 2. The lowest BCUT2D eigenvalue weighted by atomic mass is 10.1. The molecule has 0 spiro atoms. The van der Waals surface area contributed by atoms with Crippen molar-refractivity contribution < 1.29 is 24.0 Å². The summed E-state index contributed by atoms with van der Waals surface area (Å²) >= 11 is 0. The Morgan fingerprint density at radius 1 is 1.25 bits per heavy atom. The first-order valence-electron chi connectivity index (χ1n) is 8.69. The second-order valence-corrected chi connectivity index (χ2v) is 5.87. The van der Waals surface area contributed by atoms with E-state index >= 15 is 0 Å². The van der Waals surface area contributed by atoms with Crippen molar-refractivity contribution in [1.29, 1.82) is 0 Å². The van der Waals surface area contributed by atoms with Gasteiger partial charge in [0.25, 0.3) is 11.6 Å². The first-order valence-corrected chi connectivity index (χ1v) is 8.69. The molecule has 0 saturated carbocycles. The molecule has 1 amide bonds. The Labute approximate surface area is 161 Å². The normalized spacial score (nSPS) is 10.2. The van der Waals surface area contributed by atoms with Crippen LogP contribution < -0.4 is 10.1 Å². The molecule has 28 heavy (non-hydrogen) atoms. The molecule has 1 aromatic heterocycles. The van der Waals surface area contributed by atoms with Gasteiger partial charge in [-0.15, -0.1) is 0 Å². The molecule has 0 fully saturated rings. The summed E-state index contributed by atoms with van der Waals surface area (Å²) in [7, 11) is 1.16. The van der Waals surface area contributed by atoms with Crippen LogP contribution in [0.3, 0.4) is 0 Å². The number of aromatic nitrogens is 1. The van der Waals surface area contributed by atoms with Gasteiger partial charge in [0.05, 0.1) is 24.2 Å². The van der Waals surface area contributed by atoms with Gasteiger partial charge in [0.1, 0.15) is 0 Å². The molecule has 2 rings (SSSR count). The predicted octanol–water partition coefficient (Wildman–Crippen LogP) is 2.89. The largest absolute Gasteiger partial charge is 0.477 e. The molecular weight excluding hydrogens is 366 g/mol. The molecule has 0 aliphatic carbocycles. The highest BCUT2D eigenvalue weighted by Gasteiger charge is 2.18. The summed E-state index contributed by atoms with van der Waals surface area (Å²) in [5.41, 5.74) is 0.197. The number of unbranched alkanes of at least 4 members (excludes halogenated alkanes) is 1. The summed E-state index contributed by atoms with van der Waals surface area (Å²) in [6.45, 7) is 2.68. The number of carbonyl (C=O) groups excluding carboxylic acids is 2. The summed E-state index contributed by atoms with van der Waals surface area (Å²) in [6, 6.07) is 6.89. The lowest BCUT2D eigenvalue weighted by molar-refractivity contribution is -0.384.